The lowest BCUT2D eigenvalue weighted by Gasteiger charge is -2.15. The molecular formula is C17H17BrO3. The van der Waals surface area contributed by atoms with Crippen LogP contribution < -0.4 is 4.74 Å². The van der Waals surface area contributed by atoms with Gasteiger partial charge < -0.3 is 9.84 Å². The highest BCUT2D eigenvalue weighted by Gasteiger charge is 2.10. The van der Waals surface area contributed by atoms with Crippen LogP contribution in [0.1, 0.15) is 32.6 Å². The Kier molecular flexibility index (Phi) is 4.68. The first-order valence-electron chi connectivity index (χ1n) is 6.61. The van der Waals surface area contributed by atoms with Crippen LogP contribution in [0.3, 0.4) is 0 Å². The predicted molar refractivity (Wildman–Crippen MR) is 86.1 cm³/mol. The zero-order valence-electron chi connectivity index (χ0n) is 12.2. The minimum absolute atomic E-state index is 0.283. The predicted octanol–water partition coefficient (Wildman–Crippen LogP) is 4.65. The van der Waals surface area contributed by atoms with Crippen molar-refractivity contribution in [2.75, 3.05) is 0 Å². The molecule has 2 rings (SSSR count). The third-order valence-corrected chi connectivity index (χ3v) is 4.37. The van der Waals surface area contributed by atoms with Crippen molar-refractivity contribution in [2.45, 2.75) is 27.4 Å². The lowest BCUT2D eigenvalue weighted by Crippen LogP contribution is -2.02. The monoisotopic (exact) mass is 348 g/mol. The molecule has 0 atom stereocenters. The molecule has 0 unspecified atom stereocenters. The summed E-state index contributed by atoms with van der Waals surface area (Å²) in [4.78, 5) is 10.8. The Morgan fingerprint density at radius 3 is 2.33 bits per heavy atom. The molecule has 0 saturated heterocycles. The van der Waals surface area contributed by atoms with Gasteiger partial charge in [-0.25, -0.2) is 4.79 Å². The van der Waals surface area contributed by atoms with Crippen LogP contribution in [0.2, 0.25) is 0 Å². The smallest absolute Gasteiger partial charge is 0.335 e. The van der Waals surface area contributed by atoms with Crippen LogP contribution in [0.4, 0.5) is 0 Å². The Bertz CT molecular complexity index is 675. The highest BCUT2D eigenvalue weighted by Crippen LogP contribution is 2.32. The normalized spacial score (nSPS) is 10.5. The van der Waals surface area contributed by atoms with Gasteiger partial charge in [-0.05, 0) is 61.2 Å². The third-order valence-electron chi connectivity index (χ3n) is 3.55. The molecule has 2 aromatic carbocycles. The second kappa shape index (κ2) is 6.31. The van der Waals surface area contributed by atoms with Crippen LogP contribution in [0.15, 0.2) is 34.8 Å². The van der Waals surface area contributed by atoms with Gasteiger partial charge in [0.1, 0.15) is 12.4 Å². The average molecular weight is 349 g/mol. The summed E-state index contributed by atoms with van der Waals surface area (Å²) in [6.45, 7) is 6.52. The van der Waals surface area contributed by atoms with Gasteiger partial charge in [0.2, 0.25) is 0 Å². The highest BCUT2D eigenvalue weighted by atomic mass is 79.9. The quantitative estimate of drug-likeness (QED) is 0.874. The van der Waals surface area contributed by atoms with E-state index in [0.717, 1.165) is 32.5 Å². The van der Waals surface area contributed by atoms with Crippen molar-refractivity contribution in [2.24, 2.45) is 0 Å². The summed E-state index contributed by atoms with van der Waals surface area (Å²) in [6, 6.07) is 8.78. The summed E-state index contributed by atoms with van der Waals surface area (Å²) >= 11 is 3.54. The van der Waals surface area contributed by atoms with E-state index in [1.807, 2.05) is 26.8 Å². The first-order chi connectivity index (χ1) is 9.90. The van der Waals surface area contributed by atoms with E-state index in [9.17, 15) is 4.79 Å². The molecule has 0 aromatic heterocycles. The van der Waals surface area contributed by atoms with Gasteiger partial charge in [0, 0.05) is 4.47 Å². The minimum atomic E-state index is -0.919. The molecule has 0 aliphatic heterocycles. The largest absolute Gasteiger partial charge is 0.488 e. The summed E-state index contributed by atoms with van der Waals surface area (Å²) in [7, 11) is 0. The Hall–Kier alpha value is -1.81. The molecule has 0 fully saturated rings. The third kappa shape index (κ3) is 3.45. The van der Waals surface area contributed by atoms with Gasteiger partial charge in [-0.1, -0.05) is 28.1 Å². The second-order valence-electron chi connectivity index (χ2n) is 5.05. The number of benzene rings is 2. The fraction of sp³-hybridized carbons (Fsp3) is 0.235. The molecular weight excluding hydrogens is 332 g/mol. The zero-order chi connectivity index (χ0) is 15.6. The number of aryl methyl sites for hydroxylation is 1. The molecule has 1 N–H and O–H groups in total. The van der Waals surface area contributed by atoms with E-state index < -0.39 is 5.97 Å². The molecule has 4 heteroatoms. The van der Waals surface area contributed by atoms with Crippen molar-refractivity contribution in [3.63, 3.8) is 0 Å². The Morgan fingerprint density at radius 1 is 1.14 bits per heavy atom. The minimum Gasteiger partial charge on any atom is -0.488 e. The molecule has 0 aliphatic rings. The maximum atomic E-state index is 10.8. The van der Waals surface area contributed by atoms with Gasteiger partial charge in [0.25, 0.3) is 0 Å². The second-order valence-corrected chi connectivity index (χ2v) is 5.90. The number of ether oxygens (including phenoxy) is 1. The van der Waals surface area contributed by atoms with E-state index in [-0.39, 0.29) is 5.56 Å². The first kappa shape index (κ1) is 15.6. The van der Waals surface area contributed by atoms with E-state index >= 15 is 0 Å². The van der Waals surface area contributed by atoms with E-state index in [2.05, 4.69) is 15.9 Å². The van der Waals surface area contributed by atoms with Crippen LogP contribution in [-0.2, 0) is 6.61 Å². The van der Waals surface area contributed by atoms with E-state index in [0.29, 0.717) is 6.61 Å². The van der Waals surface area contributed by atoms with Crippen LogP contribution in [-0.4, -0.2) is 11.1 Å². The molecule has 0 saturated carbocycles. The summed E-state index contributed by atoms with van der Waals surface area (Å²) in [6.07, 6.45) is 0. The van der Waals surface area contributed by atoms with Crippen molar-refractivity contribution in [3.8, 4) is 5.75 Å². The van der Waals surface area contributed by atoms with E-state index in [4.69, 9.17) is 9.84 Å². The maximum absolute atomic E-state index is 10.8. The molecule has 0 heterocycles. The van der Waals surface area contributed by atoms with Crippen LogP contribution in [0, 0.1) is 20.8 Å². The molecule has 0 spiro atoms. The number of carbonyl (C=O) groups is 1. The van der Waals surface area contributed by atoms with Crippen LogP contribution >= 0.6 is 15.9 Å². The van der Waals surface area contributed by atoms with Crippen molar-refractivity contribution >= 4 is 21.9 Å². The lowest BCUT2D eigenvalue weighted by atomic mass is 10.1. The van der Waals surface area contributed by atoms with Crippen molar-refractivity contribution in [1.29, 1.82) is 0 Å². The first-order valence-corrected chi connectivity index (χ1v) is 7.40. The number of aromatic carboxylic acids is 1. The summed E-state index contributed by atoms with van der Waals surface area (Å²) in [5.74, 6) is -0.0318. The van der Waals surface area contributed by atoms with Gasteiger partial charge in [-0.2, -0.15) is 0 Å². The molecule has 3 nitrogen and oxygen atoms in total. The number of hydrogen-bond donors (Lipinski definition) is 1. The number of carboxylic acids is 1. The molecule has 0 bridgehead atoms. The number of hydrogen-bond acceptors (Lipinski definition) is 2. The zero-order valence-corrected chi connectivity index (χ0v) is 13.8. The standard InChI is InChI=1S/C17H17BrO3/c1-10-8-15(18)11(2)12(3)16(10)21-9-13-4-6-14(7-5-13)17(19)20/h4-8H,9H2,1-3H3,(H,19,20). The van der Waals surface area contributed by atoms with Crippen molar-refractivity contribution in [1.82, 2.24) is 0 Å². The lowest BCUT2D eigenvalue weighted by molar-refractivity contribution is 0.0697. The molecule has 110 valence electrons. The Morgan fingerprint density at radius 2 is 1.76 bits per heavy atom. The Balaban J connectivity index is 2.17. The summed E-state index contributed by atoms with van der Waals surface area (Å²) in [5, 5.41) is 8.88. The van der Waals surface area contributed by atoms with E-state index in [1.54, 1.807) is 24.3 Å². The number of carboxylic acid groups (broad SMARTS) is 1. The summed E-state index contributed by atoms with van der Waals surface area (Å²) < 4.78 is 7.00. The van der Waals surface area contributed by atoms with Gasteiger partial charge in [0.05, 0.1) is 5.56 Å². The molecule has 21 heavy (non-hydrogen) atoms. The van der Waals surface area contributed by atoms with Gasteiger partial charge in [-0.3, -0.25) is 0 Å². The maximum Gasteiger partial charge on any atom is 0.335 e. The fourth-order valence-corrected chi connectivity index (χ4v) is 2.77. The summed E-state index contributed by atoms with van der Waals surface area (Å²) in [5.41, 5.74) is 4.58. The van der Waals surface area contributed by atoms with E-state index in [1.165, 1.54) is 0 Å². The van der Waals surface area contributed by atoms with Gasteiger partial charge in [0.15, 0.2) is 0 Å². The topological polar surface area (TPSA) is 46.5 Å². The molecule has 2 aromatic rings. The SMILES string of the molecule is Cc1cc(Br)c(C)c(C)c1OCc1ccc(C(=O)O)cc1. The van der Waals surface area contributed by atoms with Gasteiger partial charge in [-0.15, -0.1) is 0 Å². The van der Waals surface area contributed by atoms with Crippen LogP contribution in [0.25, 0.3) is 0 Å². The Labute approximate surface area is 132 Å². The molecule has 0 aliphatic carbocycles. The van der Waals surface area contributed by atoms with Crippen LogP contribution in [0.5, 0.6) is 5.75 Å². The molecule has 0 amide bonds. The fourth-order valence-electron chi connectivity index (χ4n) is 2.13. The highest BCUT2D eigenvalue weighted by molar-refractivity contribution is 9.10. The average Bonchev–Trinajstić information content (AvgIpc) is 2.45. The van der Waals surface area contributed by atoms with Gasteiger partial charge >= 0.3 is 5.97 Å². The molecule has 0 radical (unpaired) electrons. The number of rotatable bonds is 4. The van der Waals surface area contributed by atoms with Crippen molar-refractivity contribution < 1.29 is 14.6 Å². The van der Waals surface area contributed by atoms with Crippen molar-refractivity contribution in [3.05, 3.63) is 62.6 Å². The number of halogens is 1.